The lowest BCUT2D eigenvalue weighted by Crippen LogP contribution is -2.59. The highest BCUT2D eigenvalue weighted by Crippen LogP contribution is 2.19. The van der Waals surface area contributed by atoms with Gasteiger partial charge in [0, 0.05) is 6.42 Å². The van der Waals surface area contributed by atoms with Crippen molar-refractivity contribution < 1.29 is 32.5 Å². The Morgan fingerprint density at radius 2 is 2.00 bits per heavy atom. The van der Waals surface area contributed by atoms with Gasteiger partial charge in [0.1, 0.15) is 31.5 Å². The molecule has 0 saturated carbocycles. The fourth-order valence-corrected chi connectivity index (χ4v) is 3.99. The van der Waals surface area contributed by atoms with Crippen LogP contribution in [-0.2, 0) is 14.9 Å². The highest BCUT2D eigenvalue weighted by atomic mass is 32.2. The van der Waals surface area contributed by atoms with Gasteiger partial charge in [0.25, 0.3) is 16.0 Å². The normalized spacial score (nSPS) is 21.6. The summed E-state index contributed by atoms with van der Waals surface area (Å²) in [4.78, 5) is 16.9. The largest absolute Gasteiger partial charge is 0.390 e. The number of rotatable bonds is 14. The van der Waals surface area contributed by atoms with Crippen LogP contribution in [0.4, 0.5) is 0 Å². The highest BCUT2D eigenvalue weighted by Gasteiger charge is 2.43. The number of hydrogen-bond donors (Lipinski definition) is 3. The number of ketones is 1. The van der Waals surface area contributed by atoms with E-state index < -0.39 is 22.0 Å². The third kappa shape index (κ3) is 8.61. The van der Waals surface area contributed by atoms with Crippen LogP contribution < -0.4 is 0 Å². The van der Waals surface area contributed by atoms with Gasteiger partial charge in [-0.05, 0) is 25.7 Å². The van der Waals surface area contributed by atoms with E-state index in [1.54, 1.807) is 0 Å². The molecule has 0 aromatic rings. The molecule has 3 N–H and O–H groups in total. The molecule has 27 heavy (non-hydrogen) atoms. The molecular weight excluding hydrogens is 372 g/mol. The lowest BCUT2D eigenvalue weighted by molar-refractivity contribution is -0.837. The molecule has 0 amide bonds. The van der Waals surface area contributed by atoms with Gasteiger partial charge in [-0.2, -0.15) is 8.42 Å². The first kappa shape index (κ1) is 23.9. The number of hydrogen-bond acceptors (Lipinski definition) is 6. The van der Waals surface area contributed by atoms with Crippen LogP contribution in [0.1, 0.15) is 45.4 Å². The number of allylic oxidation sites excluding steroid dienone is 2. The Morgan fingerprint density at radius 3 is 2.63 bits per heavy atom. The summed E-state index contributed by atoms with van der Waals surface area (Å²) in [6, 6.07) is 0. The van der Waals surface area contributed by atoms with Crippen LogP contribution in [0.15, 0.2) is 17.1 Å². The maximum Gasteiger partial charge on any atom is 0.267 e. The molecule has 156 valence electrons. The number of Topliss-reactive ketones (excluding diaryl/α,β-unsaturated/α-hetero) is 1. The standard InChI is InChI=1S/C18H32N2O6S/c1-2-3-4-5-6-7-8-9-17(23)18-19-10-11-20(18,12-13-21)14-16(22)15-27(24,25)26/h4-5,16,21-22H,2-3,6-15H2,1H3/p+1/b5-4+. The lowest BCUT2D eigenvalue weighted by atomic mass is 10.1. The Balaban J connectivity index is 2.65. The van der Waals surface area contributed by atoms with Gasteiger partial charge in [-0.25, -0.2) is 4.99 Å². The van der Waals surface area contributed by atoms with Crippen molar-refractivity contribution in [3.63, 3.8) is 0 Å². The Kier molecular flexibility index (Phi) is 10.3. The van der Waals surface area contributed by atoms with Gasteiger partial charge < -0.3 is 10.2 Å². The summed E-state index contributed by atoms with van der Waals surface area (Å²) in [5.74, 6) is -0.637. The molecule has 0 radical (unpaired) electrons. The number of nitrogens with zero attached hydrogens (tertiary/aromatic N) is 2. The minimum Gasteiger partial charge on any atom is -0.390 e. The molecule has 0 aromatic carbocycles. The maximum atomic E-state index is 12.6. The fraction of sp³-hybridized carbons (Fsp3) is 0.778. The number of carbonyl (C=O) groups is 1. The zero-order chi connectivity index (χ0) is 20.3. The number of carbonyl (C=O) groups excluding carboxylic acids is 1. The van der Waals surface area contributed by atoms with Gasteiger partial charge in [-0.3, -0.25) is 13.8 Å². The zero-order valence-corrected chi connectivity index (χ0v) is 16.9. The van der Waals surface area contributed by atoms with Crippen LogP contribution in [0.2, 0.25) is 0 Å². The fourth-order valence-electron chi connectivity index (χ4n) is 3.40. The van der Waals surface area contributed by atoms with Crippen LogP contribution in [0.3, 0.4) is 0 Å². The zero-order valence-electron chi connectivity index (χ0n) is 16.1. The average Bonchev–Trinajstić information content (AvgIpc) is 2.95. The van der Waals surface area contributed by atoms with Crippen LogP contribution in [0.25, 0.3) is 0 Å². The average molecular weight is 406 g/mol. The van der Waals surface area contributed by atoms with E-state index in [0.29, 0.717) is 25.3 Å². The van der Waals surface area contributed by atoms with Crippen LogP contribution in [0.5, 0.6) is 0 Å². The molecule has 0 saturated heterocycles. The van der Waals surface area contributed by atoms with Crippen LogP contribution in [-0.4, -0.2) is 83.9 Å². The van der Waals surface area contributed by atoms with Gasteiger partial charge in [0.2, 0.25) is 5.78 Å². The molecule has 0 aliphatic carbocycles. The number of aliphatic hydroxyl groups is 2. The summed E-state index contributed by atoms with van der Waals surface area (Å²) in [6.07, 6.45) is 7.97. The maximum absolute atomic E-state index is 12.6. The number of aliphatic hydroxyl groups excluding tert-OH is 2. The molecule has 1 aliphatic rings. The number of amidine groups is 1. The van der Waals surface area contributed by atoms with Crippen molar-refractivity contribution in [2.45, 2.75) is 51.6 Å². The minimum atomic E-state index is -4.33. The summed E-state index contributed by atoms with van der Waals surface area (Å²) in [5.41, 5.74) is 0. The number of unbranched alkanes of at least 4 members (excludes halogenated alkanes) is 3. The van der Waals surface area contributed by atoms with Gasteiger partial charge >= 0.3 is 0 Å². The lowest BCUT2D eigenvalue weighted by Gasteiger charge is -2.34. The molecule has 1 heterocycles. The highest BCUT2D eigenvalue weighted by molar-refractivity contribution is 7.85. The molecule has 2 atom stereocenters. The Morgan fingerprint density at radius 1 is 1.30 bits per heavy atom. The van der Waals surface area contributed by atoms with E-state index in [9.17, 15) is 23.4 Å². The second-order valence-corrected chi connectivity index (χ2v) is 8.53. The summed E-state index contributed by atoms with van der Waals surface area (Å²) in [5, 5.41) is 19.5. The monoisotopic (exact) mass is 405 g/mol. The van der Waals surface area contributed by atoms with Crippen molar-refractivity contribution in [1.82, 2.24) is 0 Å². The van der Waals surface area contributed by atoms with E-state index in [2.05, 4.69) is 24.1 Å². The summed E-state index contributed by atoms with van der Waals surface area (Å²) in [7, 11) is -4.33. The van der Waals surface area contributed by atoms with Gasteiger partial charge in [-0.15, -0.1) is 0 Å². The van der Waals surface area contributed by atoms with E-state index in [0.717, 1.165) is 32.1 Å². The van der Waals surface area contributed by atoms with Crippen molar-refractivity contribution in [1.29, 1.82) is 0 Å². The van der Waals surface area contributed by atoms with E-state index >= 15 is 0 Å². The Hall–Kier alpha value is -1.13. The van der Waals surface area contributed by atoms with Crippen LogP contribution in [0, 0.1) is 0 Å². The summed E-state index contributed by atoms with van der Waals surface area (Å²) in [6.45, 7) is 2.81. The van der Waals surface area contributed by atoms with Gasteiger partial charge in [-0.1, -0.05) is 25.5 Å². The second-order valence-electron chi connectivity index (χ2n) is 7.04. The molecule has 2 unspecified atom stereocenters. The molecule has 0 spiro atoms. The molecule has 1 aliphatic heterocycles. The molecule has 8 nitrogen and oxygen atoms in total. The summed E-state index contributed by atoms with van der Waals surface area (Å²) < 4.78 is 30.9. The van der Waals surface area contributed by atoms with Crippen molar-refractivity contribution in [2.24, 2.45) is 4.99 Å². The van der Waals surface area contributed by atoms with Crippen molar-refractivity contribution >= 4 is 21.7 Å². The molecule has 0 bridgehead atoms. The molecular formula is C18H33N2O6S+. The second kappa shape index (κ2) is 11.7. The van der Waals surface area contributed by atoms with Gasteiger partial charge in [0.15, 0.2) is 0 Å². The van der Waals surface area contributed by atoms with Gasteiger partial charge in [0.05, 0.1) is 13.2 Å². The smallest absolute Gasteiger partial charge is 0.267 e. The predicted octanol–water partition coefficient (Wildman–Crippen LogP) is 0.942. The van der Waals surface area contributed by atoms with Crippen molar-refractivity contribution in [3.8, 4) is 0 Å². The van der Waals surface area contributed by atoms with Crippen molar-refractivity contribution in [2.75, 3.05) is 38.5 Å². The van der Waals surface area contributed by atoms with Crippen LogP contribution >= 0.6 is 0 Å². The summed E-state index contributed by atoms with van der Waals surface area (Å²) >= 11 is 0. The molecule has 0 aromatic heterocycles. The topological polar surface area (TPSA) is 124 Å². The number of quaternary nitrogens is 1. The van der Waals surface area contributed by atoms with Crippen molar-refractivity contribution in [3.05, 3.63) is 12.2 Å². The van der Waals surface area contributed by atoms with E-state index in [1.807, 2.05) is 0 Å². The molecule has 9 heteroatoms. The predicted molar refractivity (Wildman–Crippen MR) is 104 cm³/mol. The first-order valence-electron chi connectivity index (χ1n) is 9.57. The van der Waals surface area contributed by atoms with E-state index in [4.69, 9.17) is 4.55 Å². The Labute approximate surface area is 161 Å². The Bertz CT molecular complexity index is 632. The minimum absolute atomic E-state index is 0.0393. The van der Waals surface area contributed by atoms with E-state index in [1.165, 1.54) is 0 Å². The first-order valence-corrected chi connectivity index (χ1v) is 11.2. The quantitative estimate of drug-likeness (QED) is 0.171. The molecule has 1 rings (SSSR count). The third-order valence-electron chi connectivity index (χ3n) is 4.63. The SMILES string of the molecule is CCC/C=C/CCCCC(=O)C1=NCC[N+]1(CCO)CC(O)CS(=O)(=O)O. The molecule has 0 fully saturated rings. The first-order chi connectivity index (χ1) is 12.7. The third-order valence-corrected chi connectivity index (χ3v) is 5.43. The number of aliphatic imine (C=N–C) groups is 1. The van der Waals surface area contributed by atoms with E-state index in [-0.39, 0.29) is 30.0 Å².